The molecule has 21 heavy (non-hydrogen) atoms. The van der Waals surface area contributed by atoms with Gasteiger partial charge in [0.05, 0.1) is 18.0 Å². The van der Waals surface area contributed by atoms with Gasteiger partial charge in [-0.3, -0.25) is 9.48 Å². The lowest BCUT2D eigenvalue weighted by atomic mass is 10.2. The first-order valence-corrected chi connectivity index (χ1v) is 6.75. The lowest BCUT2D eigenvalue weighted by Gasteiger charge is -2.10. The van der Waals surface area contributed by atoms with E-state index in [0.29, 0.717) is 25.3 Å². The van der Waals surface area contributed by atoms with Gasteiger partial charge in [0.25, 0.3) is 5.91 Å². The van der Waals surface area contributed by atoms with E-state index >= 15 is 0 Å². The van der Waals surface area contributed by atoms with Gasteiger partial charge in [-0.1, -0.05) is 0 Å². The van der Waals surface area contributed by atoms with Crippen LogP contribution in [0.4, 0.5) is 10.2 Å². The van der Waals surface area contributed by atoms with Crippen molar-refractivity contribution >= 4 is 11.7 Å². The normalized spacial score (nSPS) is 10.4. The number of nitrogens with zero attached hydrogens (tertiary/aromatic N) is 3. The molecule has 2 aromatic heterocycles. The predicted octanol–water partition coefficient (Wildman–Crippen LogP) is 1.36. The molecule has 2 aromatic rings. The van der Waals surface area contributed by atoms with E-state index in [1.807, 2.05) is 20.2 Å². The van der Waals surface area contributed by atoms with Crippen LogP contribution in [-0.2, 0) is 13.5 Å². The Labute approximate surface area is 122 Å². The van der Waals surface area contributed by atoms with E-state index in [1.165, 1.54) is 6.07 Å². The van der Waals surface area contributed by atoms with E-state index in [4.69, 9.17) is 0 Å². The summed E-state index contributed by atoms with van der Waals surface area (Å²) in [4.78, 5) is 16.0. The largest absolute Gasteiger partial charge is 0.370 e. The van der Waals surface area contributed by atoms with Crippen molar-refractivity contribution in [3.8, 4) is 0 Å². The maximum absolute atomic E-state index is 13.3. The van der Waals surface area contributed by atoms with E-state index in [0.717, 1.165) is 11.8 Å². The van der Waals surface area contributed by atoms with Gasteiger partial charge < -0.3 is 10.6 Å². The molecule has 0 bridgehead atoms. The van der Waals surface area contributed by atoms with Crippen LogP contribution in [0.15, 0.2) is 24.7 Å². The highest BCUT2D eigenvalue weighted by atomic mass is 19.1. The molecule has 0 aliphatic carbocycles. The van der Waals surface area contributed by atoms with Crippen LogP contribution >= 0.6 is 0 Å². The third-order valence-electron chi connectivity index (χ3n) is 2.90. The Bertz CT molecular complexity index is 626. The summed E-state index contributed by atoms with van der Waals surface area (Å²) in [5.74, 6) is -0.492. The summed E-state index contributed by atoms with van der Waals surface area (Å²) in [7, 11) is 1.84. The quantitative estimate of drug-likeness (QED) is 0.843. The Morgan fingerprint density at radius 2 is 2.24 bits per heavy atom. The molecule has 6 nitrogen and oxygen atoms in total. The first kappa shape index (κ1) is 15.0. The third kappa shape index (κ3) is 4.01. The zero-order valence-electron chi connectivity index (χ0n) is 12.1. The predicted molar refractivity (Wildman–Crippen MR) is 77.6 cm³/mol. The van der Waals surface area contributed by atoms with Gasteiger partial charge in [0.1, 0.15) is 11.6 Å². The van der Waals surface area contributed by atoms with Crippen molar-refractivity contribution in [3.05, 3.63) is 41.6 Å². The van der Waals surface area contributed by atoms with Crippen LogP contribution in [0.25, 0.3) is 0 Å². The molecule has 2 N–H and O–H groups in total. The van der Waals surface area contributed by atoms with Crippen LogP contribution < -0.4 is 10.6 Å². The summed E-state index contributed by atoms with van der Waals surface area (Å²) in [5, 5.41) is 9.76. The van der Waals surface area contributed by atoms with Crippen molar-refractivity contribution in [1.29, 1.82) is 0 Å². The van der Waals surface area contributed by atoms with Gasteiger partial charge in [0.2, 0.25) is 0 Å². The van der Waals surface area contributed by atoms with Gasteiger partial charge in [-0.25, -0.2) is 9.37 Å². The van der Waals surface area contributed by atoms with Gasteiger partial charge in [0, 0.05) is 26.3 Å². The molecular formula is C14H18FN5O. The number of hydrogen-bond donors (Lipinski definition) is 2. The minimum absolute atomic E-state index is 0.211. The molecule has 112 valence electrons. The Morgan fingerprint density at radius 3 is 2.90 bits per heavy atom. The minimum atomic E-state index is -0.533. The molecule has 0 aliphatic heterocycles. The van der Waals surface area contributed by atoms with Crippen molar-refractivity contribution < 1.29 is 9.18 Å². The van der Waals surface area contributed by atoms with E-state index in [1.54, 1.807) is 10.9 Å². The Hall–Kier alpha value is -2.44. The second kappa shape index (κ2) is 6.83. The molecule has 0 fully saturated rings. The van der Waals surface area contributed by atoms with Crippen LogP contribution in [-0.4, -0.2) is 33.8 Å². The number of nitrogens with one attached hydrogen (secondary N) is 2. The molecule has 0 radical (unpaired) electrons. The second-order valence-corrected chi connectivity index (χ2v) is 4.61. The van der Waals surface area contributed by atoms with Crippen molar-refractivity contribution in [1.82, 2.24) is 20.1 Å². The number of carbonyl (C=O) groups excluding carboxylic acids is 1. The maximum Gasteiger partial charge on any atom is 0.255 e. The molecular weight excluding hydrogens is 273 g/mol. The van der Waals surface area contributed by atoms with Gasteiger partial charge in [-0.2, -0.15) is 5.10 Å². The van der Waals surface area contributed by atoms with Gasteiger partial charge >= 0.3 is 0 Å². The van der Waals surface area contributed by atoms with Crippen LogP contribution in [0, 0.1) is 5.82 Å². The maximum atomic E-state index is 13.3. The van der Waals surface area contributed by atoms with E-state index in [2.05, 4.69) is 20.7 Å². The van der Waals surface area contributed by atoms with E-state index in [-0.39, 0.29) is 11.5 Å². The smallest absolute Gasteiger partial charge is 0.255 e. The molecule has 1 amide bonds. The molecule has 0 aromatic carbocycles. The highest BCUT2D eigenvalue weighted by Gasteiger charge is 2.13. The van der Waals surface area contributed by atoms with Crippen LogP contribution in [0.1, 0.15) is 22.8 Å². The summed E-state index contributed by atoms with van der Waals surface area (Å²) in [6.45, 7) is 2.94. The average Bonchev–Trinajstić information content (AvgIpc) is 2.86. The number of anilines is 1. The summed E-state index contributed by atoms with van der Waals surface area (Å²) in [6.07, 6.45) is 5.39. The number of halogens is 1. The van der Waals surface area contributed by atoms with Crippen molar-refractivity contribution in [2.45, 2.75) is 13.3 Å². The van der Waals surface area contributed by atoms with E-state index in [9.17, 15) is 9.18 Å². The first-order chi connectivity index (χ1) is 10.1. The molecule has 0 saturated carbocycles. The summed E-state index contributed by atoms with van der Waals surface area (Å²) in [6, 6.07) is 1.18. The average molecular weight is 291 g/mol. The van der Waals surface area contributed by atoms with Crippen LogP contribution in [0.3, 0.4) is 0 Å². The Kier molecular flexibility index (Phi) is 4.86. The molecule has 2 heterocycles. The molecule has 0 saturated heterocycles. The Balaban J connectivity index is 1.97. The SMILES string of the molecule is CCNc1ncc(F)cc1C(=O)NCCc1cnn(C)c1. The number of amides is 1. The van der Waals surface area contributed by atoms with Crippen LogP contribution in [0.2, 0.25) is 0 Å². The summed E-state index contributed by atoms with van der Waals surface area (Å²) < 4.78 is 15.0. The zero-order chi connectivity index (χ0) is 15.2. The lowest BCUT2D eigenvalue weighted by molar-refractivity contribution is 0.0954. The number of hydrogen-bond acceptors (Lipinski definition) is 4. The topological polar surface area (TPSA) is 71.8 Å². The second-order valence-electron chi connectivity index (χ2n) is 4.61. The van der Waals surface area contributed by atoms with Gasteiger partial charge in [-0.05, 0) is 25.0 Å². The zero-order valence-corrected chi connectivity index (χ0v) is 12.1. The number of aryl methyl sites for hydroxylation is 1. The standard InChI is InChI=1S/C14H18FN5O/c1-3-16-13-12(6-11(15)8-18-13)14(21)17-5-4-10-7-19-20(2)9-10/h6-9H,3-5H2,1-2H3,(H,16,18)(H,17,21). The molecule has 0 atom stereocenters. The molecule has 7 heteroatoms. The fourth-order valence-corrected chi connectivity index (χ4v) is 1.94. The molecule has 0 unspecified atom stereocenters. The minimum Gasteiger partial charge on any atom is -0.370 e. The molecule has 2 rings (SSSR count). The number of pyridine rings is 1. The van der Waals surface area contributed by atoms with Gasteiger partial charge in [-0.15, -0.1) is 0 Å². The molecule has 0 spiro atoms. The summed E-state index contributed by atoms with van der Waals surface area (Å²) >= 11 is 0. The van der Waals surface area contributed by atoms with Gasteiger partial charge in [0.15, 0.2) is 0 Å². The third-order valence-corrected chi connectivity index (χ3v) is 2.90. The van der Waals surface area contributed by atoms with Crippen molar-refractivity contribution in [2.24, 2.45) is 7.05 Å². The fraction of sp³-hybridized carbons (Fsp3) is 0.357. The highest BCUT2D eigenvalue weighted by Crippen LogP contribution is 2.13. The molecule has 0 aliphatic rings. The number of carbonyl (C=O) groups is 1. The monoisotopic (exact) mass is 291 g/mol. The van der Waals surface area contributed by atoms with Crippen LogP contribution in [0.5, 0.6) is 0 Å². The van der Waals surface area contributed by atoms with Crippen molar-refractivity contribution in [2.75, 3.05) is 18.4 Å². The number of aromatic nitrogens is 3. The Morgan fingerprint density at radius 1 is 1.43 bits per heavy atom. The summed E-state index contributed by atoms with van der Waals surface area (Å²) in [5.41, 5.74) is 1.24. The van der Waals surface area contributed by atoms with E-state index < -0.39 is 5.82 Å². The first-order valence-electron chi connectivity index (χ1n) is 6.75. The number of rotatable bonds is 6. The lowest BCUT2D eigenvalue weighted by Crippen LogP contribution is -2.27. The van der Waals surface area contributed by atoms with Crippen molar-refractivity contribution in [3.63, 3.8) is 0 Å². The fourth-order valence-electron chi connectivity index (χ4n) is 1.94. The highest BCUT2D eigenvalue weighted by molar-refractivity contribution is 5.98.